The van der Waals surface area contributed by atoms with E-state index < -0.39 is 12.8 Å². The van der Waals surface area contributed by atoms with E-state index in [9.17, 15) is 22.8 Å². The van der Waals surface area contributed by atoms with E-state index in [2.05, 4.69) is 10.1 Å². The monoisotopic (exact) mass is 402 g/mol. The zero-order valence-electron chi connectivity index (χ0n) is 15.8. The molecule has 0 aliphatic carbocycles. The van der Waals surface area contributed by atoms with Gasteiger partial charge in [-0.1, -0.05) is 24.3 Å². The molecular weight excluding hydrogens is 377 g/mol. The van der Waals surface area contributed by atoms with Crippen LogP contribution >= 0.6 is 0 Å². The van der Waals surface area contributed by atoms with Gasteiger partial charge in [-0.3, -0.25) is 4.79 Å². The number of halogens is 3. The molecule has 0 bridgehead atoms. The molecule has 9 heteroatoms. The van der Waals surface area contributed by atoms with Gasteiger partial charge in [-0.2, -0.15) is 13.2 Å². The van der Waals surface area contributed by atoms with E-state index in [-0.39, 0.29) is 24.5 Å². The zero-order chi connectivity index (χ0) is 20.6. The van der Waals surface area contributed by atoms with Crippen molar-refractivity contribution in [2.75, 3.05) is 26.3 Å². The van der Waals surface area contributed by atoms with Crippen molar-refractivity contribution in [3.05, 3.63) is 35.4 Å². The highest BCUT2D eigenvalue weighted by Gasteiger charge is 2.28. The predicted octanol–water partition coefficient (Wildman–Crippen LogP) is 3.25. The van der Waals surface area contributed by atoms with Crippen LogP contribution in [0.1, 0.15) is 30.9 Å². The van der Waals surface area contributed by atoms with Crippen LogP contribution in [-0.4, -0.2) is 49.4 Å². The van der Waals surface area contributed by atoms with E-state index in [1.807, 2.05) is 0 Å². The van der Waals surface area contributed by atoms with E-state index in [1.165, 1.54) is 0 Å². The molecule has 1 fully saturated rings. The molecule has 0 spiro atoms. The van der Waals surface area contributed by atoms with Crippen molar-refractivity contribution in [1.82, 2.24) is 10.2 Å². The molecule has 1 aromatic rings. The first-order chi connectivity index (χ1) is 13.3. The maximum Gasteiger partial charge on any atom is 0.411 e. The second-order valence-electron chi connectivity index (χ2n) is 6.60. The molecule has 156 valence electrons. The van der Waals surface area contributed by atoms with Crippen LogP contribution in [0.5, 0.6) is 0 Å². The number of rotatable bonds is 7. The number of nitrogens with zero attached hydrogens (tertiary/aromatic N) is 1. The van der Waals surface area contributed by atoms with Gasteiger partial charge in [-0.15, -0.1) is 0 Å². The van der Waals surface area contributed by atoms with Gasteiger partial charge in [0.25, 0.3) is 0 Å². The Morgan fingerprint density at radius 3 is 2.32 bits per heavy atom. The Morgan fingerprint density at radius 2 is 1.75 bits per heavy atom. The molecule has 1 aliphatic heterocycles. The molecule has 1 aliphatic rings. The van der Waals surface area contributed by atoms with Crippen LogP contribution in [-0.2, 0) is 27.4 Å². The summed E-state index contributed by atoms with van der Waals surface area (Å²) in [7, 11) is 0. The van der Waals surface area contributed by atoms with E-state index in [4.69, 9.17) is 4.74 Å². The summed E-state index contributed by atoms with van der Waals surface area (Å²) in [5, 5.41) is 2.87. The van der Waals surface area contributed by atoms with Crippen LogP contribution in [0.25, 0.3) is 0 Å². The highest BCUT2D eigenvalue weighted by molar-refractivity contribution is 5.79. The summed E-state index contributed by atoms with van der Waals surface area (Å²) in [6.07, 6.45) is -3.52. The van der Waals surface area contributed by atoms with Crippen LogP contribution in [0, 0.1) is 5.92 Å². The fourth-order valence-corrected chi connectivity index (χ4v) is 2.91. The molecule has 1 aromatic carbocycles. The average molecular weight is 402 g/mol. The number of alkyl halides is 3. The van der Waals surface area contributed by atoms with Gasteiger partial charge in [0.2, 0.25) is 5.91 Å². The van der Waals surface area contributed by atoms with Crippen molar-refractivity contribution in [2.24, 2.45) is 5.92 Å². The minimum absolute atomic E-state index is 0.0684. The lowest BCUT2D eigenvalue weighted by molar-refractivity contribution is -0.176. The number of benzene rings is 1. The lowest BCUT2D eigenvalue weighted by Gasteiger charge is -2.30. The molecule has 2 amide bonds. The summed E-state index contributed by atoms with van der Waals surface area (Å²) in [4.78, 5) is 25.6. The first-order valence-corrected chi connectivity index (χ1v) is 9.20. The van der Waals surface area contributed by atoms with Gasteiger partial charge in [0.05, 0.1) is 13.2 Å². The Morgan fingerprint density at radius 1 is 1.14 bits per heavy atom. The number of piperidine rings is 1. The van der Waals surface area contributed by atoms with Crippen molar-refractivity contribution in [3.8, 4) is 0 Å². The van der Waals surface area contributed by atoms with Crippen LogP contribution in [0.2, 0.25) is 0 Å². The molecule has 1 saturated heterocycles. The summed E-state index contributed by atoms with van der Waals surface area (Å²) in [5.41, 5.74) is 1.47. The molecule has 1 heterocycles. The van der Waals surface area contributed by atoms with E-state index >= 15 is 0 Å². The third kappa shape index (κ3) is 7.38. The van der Waals surface area contributed by atoms with Gasteiger partial charge in [0.15, 0.2) is 0 Å². The van der Waals surface area contributed by atoms with Gasteiger partial charge >= 0.3 is 12.3 Å². The topological polar surface area (TPSA) is 67.9 Å². The number of nitrogens with one attached hydrogen (secondary N) is 1. The lowest BCUT2D eigenvalue weighted by atomic mass is 9.96. The van der Waals surface area contributed by atoms with Gasteiger partial charge in [0, 0.05) is 25.6 Å². The van der Waals surface area contributed by atoms with Crippen molar-refractivity contribution in [1.29, 1.82) is 0 Å². The number of hydrogen-bond donors (Lipinski definition) is 1. The molecule has 2 rings (SSSR count). The Kier molecular flexibility index (Phi) is 8.10. The van der Waals surface area contributed by atoms with E-state index in [1.54, 1.807) is 36.1 Å². The highest BCUT2D eigenvalue weighted by Crippen LogP contribution is 2.19. The fraction of sp³-hybridized carbons (Fsp3) is 0.579. The summed E-state index contributed by atoms with van der Waals surface area (Å²) in [6, 6.07) is 6.84. The summed E-state index contributed by atoms with van der Waals surface area (Å²) >= 11 is 0. The lowest BCUT2D eigenvalue weighted by Crippen LogP contribution is -2.43. The maximum atomic E-state index is 12.3. The fourth-order valence-electron chi connectivity index (χ4n) is 2.91. The van der Waals surface area contributed by atoms with Crippen LogP contribution in [0.4, 0.5) is 18.0 Å². The first-order valence-electron chi connectivity index (χ1n) is 9.20. The summed E-state index contributed by atoms with van der Waals surface area (Å²) in [5.74, 6) is -0.221. The molecular formula is C19H25F3N2O4. The number of amides is 2. The maximum absolute atomic E-state index is 12.3. The summed E-state index contributed by atoms with van der Waals surface area (Å²) in [6.45, 7) is 1.99. The van der Waals surface area contributed by atoms with Crippen molar-refractivity contribution < 1.29 is 32.2 Å². The molecule has 0 unspecified atom stereocenters. The molecule has 0 atom stereocenters. The molecule has 28 heavy (non-hydrogen) atoms. The number of hydrogen-bond acceptors (Lipinski definition) is 4. The third-order valence-electron chi connectivity index (χ3n) is 4.42. The van der Waals surface area contributed by atoms with E-state index in [0.29, 0.717) is 44.6 Å². The molecule has 1 N–H and O–H groups in total. The van der Waals surface area contributed by atoms with Crippen LogP contribution < -0.4 is 5.32 Å². The Bertz CT molecular complexity index is 642. The Labute approximate surface area is 162 Å². The third-order valence-corrected chi connectivity index (χ3v) is 4.42. The van der Waals surface area contributed by atoms with Gasteiger partial charge in [-0.05, 0) is 30.9 Å². The number of ether oxygens (including phenoxy) is 2. The number of likely N-dealkylation sites (tertiary alicyclic amines) is 1. The van der Waals surface area contributed by atoms with Crippen molar-refractivity contribution in [3.63, 3.8) is 0 Å². The minimum Gasteiger partial charge on any atom is -0.450 e. The molecule has 0 saturated carbocycles. The standard InChI is InChI=1S/C19H25F3N2O4/c1-2-28-18(26)24-9-7-16(8-10-24)17(25)23-11-14-3-5-15(6-4-14)12-27-13-19(20,21)22/h3-6,16H,2,7-13H2,1H3,(H,23,25). The van der Waals surface area contributed by atoms with Crippen LogP contribution in [0.3, 0.4) is 0 Å². The zero-order valence-corrected chi connectivity index (χ0v) is 15.8. The van der Waals surface area contributed by atoms with Gasteiger partial charge in [-0.25, -0.2) is 4.79 Å². The van der Waals surface area contributed by atoms with Gasteiger partial charge in [0.1, 0.15) is 6.61 Å². The second-order valence-corrected chi connectivity index (χ2v) is 6.60. The SMILES string of the molecule is CCOC(=O)N1CCC(C(=O)NCc2ccc(COCC(F)(F)F)cc2)CC1. The average Bonchev–Trinajstić information content (AvgIpc) is 2.66. The smallest absolute Gasteiger partial charge is 0.411 e. The molecule has 6 nitrogen and oxygen atoms in total. The normalized spacial score (nSPS) is 15.4. The van der Waals surface area contributed by atoms with Crippen molar-refractivity contribution >= 4 is 12.0 Å². The first kappa shape index (κ1) is 22.0. The summed E-state index contributed by atoms with van der Waals surface area (Å²) < 4.78 is 45.7. The second kappa shape index (κ2) is 10.3. The largest absolute Gasteiger partial charge is 0.450 e. The van der Waals surface area contributed by atoms with Crippen molar-refractivity contribution in [2.45, 2.75) is 39.1 Å². The van der Waals surface area contributed by atoms with Crippen LogP contribution in [0.15, 0.2) is 24.3 Å². The molecule has 0 aromatic heterocycles. The minimum atomic E-state index is -4.34. The Hall–Kier alpha value is -2.29. The highest BCUT2D eigenvalue weighted by atomic mass is 19.4. The van der Waals surface area contributed by atoms with E-state index in [0.717, 1.165) is 5.56 Å². The predicted molar refractivity (Wildman–Crippen MR) is 95.3 cm³/mol. The van der Waals surface area contributed by atoms with Gasteiger partial charge < -0.3 is 19.7 Å². The molecule has 0 radical (unpaired) electrons. The number of carbonyl (C=O) groups excluding carboxylic acids is 2. The quantitative estimate of drug-likeness (QED) is 0.760. The number of carbonyl (C=O) groups is 2. The Balaban J connectivity index is 1.71.